The molecule has 2 heterocycles. The predicted octanol–water partition coefficient (Wildman–Crippen LogP) is 3.78. The van der Waals surface area contributed by atoms with E-state index in [0.29, 0.717) is 28.8 Å². The van der Waals surface area contributed by atoms with E-state index in [9.17, 15) is 9.59 Å². The highest BCUT2D eigenvalue weighted by molar-refractivity contribution is 7.99. The second kappa shape index (κ2) is 8.93. The zero-order valence-corrected chi connectivity index (χ0v) is 18.6. The molecular weight excluding hydrogens is 410 g/mol. The minimum atomic E-state index is -0.146. The van der Waals surface area contributed by atoms with Crippen LogP contribution in [0.4, 0.5) is 0 Å². The number of thioether (sulfide) groups is 1. The van der Waals surface area contributed by atoms with Gasteiger partial charge < -0.3 is 5.32 Å². The molecule has 0 aliphatic heterocycles. The summed E-state index contributed by atoms with van der Waals surface area (Å²) in [6.45, 7) is 6.81. The number of carbonyl (C=O) groups is 1. The summed E-state index contributed by atoms with van der Waals surface area (Å²) in [4.78, 5) is 25.3. The average molecular weight is 436 g/mol. The fourth-order valence-electron chi connectivity index (χ4n) is 3.57. The van der Waals surface area contributed by atoms with Crippen LogP contribution in [0, 0.1) is 0 Å². The minimum Gasteiger partial charge on any atom is -0.356 e. The Morgan fingerprint density at radius 2 is 1.84 bits per heavy atom. The molecule has 0 spiro atoms. The molecule has 0 aliphatic rings. The summed E-state index contributed by atoms with van der Waals surface area (Å²) in [5.41, 5.74) is 2.54. The first-order chi connectivity index (χ1) is 15.0. The van der Waals surface area contributed by atoms with E-state index in [-0.39, 0.29) is 17.2 Å². The van der Waals surface area contributed by atoms with Crippen LogP contribution in [0.25, 0.3) is 22.4 Å². The van der Waals surface area contributed by atoms with Crippen molar-refractivity contribution in [2.75, 3.05) is 12.3 Å². The largest absolute Gasteiger partial charge is 0.356 e. The number of rotatable bonds is 7. The van der Waals surface area contributed by atoms with E-state index in [2.05, 4.69) is 41.5 Å². The third kappa shape index (κ3) is 3.95. The maximum absolute atomic E-state index is 13.4. The van der Waals surface area contributed by atoms with Gasteiger partial charge in [0, 0.05) is 6.54 Å². The summed E-state index contributed by atoms with van der Waals surface area (Å²) in [5, 5.41) is 12.6. The second-order valence-corrected chi connectivity index (χ2v) is 8.36. The van der Waals surface area contributed by atoms with Crippen molar-refractivity contribution < 1.29 is 4.79 Å². The molecule has 4 rings (SSSR count). The number of benzene rings is 2. The average Bonchev–Trinajstić information content (AvgIpc) is 3.22. The number of fused-ring (bicyclic) bond motifs is 3. The third-order valence-corrected chi connectivity index (χ3v) is 6.36. The molecule has 7 nitrogen and oxygen atoms in total. The number of hydrogen-bond donors (Lipinski definition) is 1. The monoisotopic (exact) mass is 435 g/mol. The quantitative estimate of drug-likeness (QED) is 0.447. The van der Waals surface area contributed by atoms with Crippen LogP contribution >= 0.6 is 11.8 Å². The highest BCUT2D eigenvalue weighted by Crippen LogP contribution is 2.24. The molecule has 2 aromatic carbocycles. The number of nitrogens with one attached hydrogen (secondary N) is 1. The van der Waals surface area contributed by atoms with Gasteiger partial charge in [-0.15, -0.1) is 10.2 Å². The lowest BCUT2D eigenvalue weighted by Gasteiger charge is -2.13. The van der Waals surface area contributed by atoms with Crippen LogP contribution in [0.1, 0.15) is 38.7 Å². The van der Waals surface area contributed by atoms with E-state index in [4.69, 9.17) is 0 Å². The SMILES string of the molecule is CCNC(=O)CSc1nnc2n(-c3ccc(C(C)CC)cc3)c(=O)c3ccccc3n12. The summed E-state index contributed by atoms with van der Waals surface area (Å²) in [7, 11) is 0. The van der Waals surface area contributed by atoms with Crippen LogP contribution in [-0.2, 0) is 4.79 Å². The van der Waals surface area contributed by atoms with E-state index in [1.54, 1.807) is 10.6 Å². The van der Waals surface area contributed by atoms with Crippen LogP contribution in [0.3, 0.4) is 0 Å². The molecule has 1 amide bonds. The molecule has 1 atom stereocenters. The Labute approximate surface area is 184 Å². The number of nitrogens with zero attached hydrogens (tertiary/aromatic N) is 4. The van der Waals surface area contributed by atoms with Gasteiger partial charge in [-0.1, -0.05) is 49.9 Å². The lowest BCUT2D eigenvalue weighted by Crippen LogP contribution is -2.24. The third-order valence-electron chi connectivity index (χ3n) is 5.43. The van der Waals surface area contributed by atoms with E-state index in [0.717, 1.165) is 17.6 Å². The van der Waals surface area contributed by atoms with E-state index < -0.39 is 0 Å². The van der Waals surface area contributed by atoms with Gasteiger partial charge in [0.25, 0.3) is 5.56 Å². The van der Waals surface area contributed by atoms with Gasteiger partial charge >= 0.3 is 0 Å². The molecule has 0 radical (unpaired) electrons. The first kappa shape index (κ1) is 21.1. The molecule has 31 heavy (non-hydrogen) atoms. The van der Waals surface area contributed by atoms with Gasteiger partial charge in [0.2, 0.25) is 11.7 Å². The lowest BCUT2D eigenvalue weighted by molar-refractivity contribution is -0.118. The van der Waals surface area contributed by atoms with Crippen molar-refractivity contribution in [1.82, 2.24) is 24.5 Å². The summed E-state index contributed by atoms with van der Waals surface area (Å²) in [6, 6.07) is 15.4. The Morgan fingerprint density at radius 3 is 2.55 bits per heavy atom. The summed E-state index contributed by atoms with van der Waals surface area (Å²) in [5.74, 6) is 1.04. The van der Waals surface area contributed by atoms with E-state index in [1.165, 1.54) is 17.3 Å². The van der Waals surface area contributed by atoms with Crippen molar-refractivity contribution in [3.8, 4) is 5.69 Å². The van der Waals surface area contributed by atoms with Crippen LogP contribution < -0.4 is 10.9 Å². The minimum absolute atomic E-state index is 0.0671. The number of amides is 1. The molecule has 0 bridgehead atoms. The van der Waals surface area contributed by atoms with Crippen molar-refractivity contribution >= 4 is 34.3 Å². The Bertz CT molecular complexity index is 1290. The van der Waals surface area contributed by atoms with Crippen molar-refractivity contribution in [2.45, 2.75) is 38.3 Å². The van der Waals surface area contributed by atoms with Gasteiger partial charge in [0.05, 0.1) is 22.3 Å². The first-order valence-electron chi connectivity index (χ1n) is 10.4. The smallest absolute Gasteiger partial charge is 0.267 e. The standard InChI is InChI=1S/C23H25N5O2S/c1-4-15(3)16-10-12-17(13-11-16)27-21(30)18-8-6-7-9-19(18)28-22(27)25-26-23(28)31-14-20(29)24-5-2/h6-13,15H,4-5,14H2,1-3H3,(H,24,29). The molecule has 1 N–H and O–H groups in total. The molecule has 0 fully saturated rings. The number of aromatic nitrogens is 4. The van der Waals surface area contributed by atoms with Crippen molar-refractivity contribution in [1.29, 1.82) is 0 Å². The molecule has 0 aliphatic carbocycles. The molecule has 0 saturated heterocycles. The fourth-order valence-corrected chi connectivity index (χ4v) is 4.34. The molecule has 4 aromatic rings. The van der Waals surface area contributed by atoms with Gasteiger partial charge in [-0.3, -0.25) is 14.0 Å². The molecule has 8 heteroatoms. The zero-order chi connectivity index (χ0) is 22.0. The highest BCUT2D eigenvalue weighted by atomic mass is 32.2. The van der Waals surface area contributed by atoms with E-state index in [1.807, 2.05) is 41.7 Å². The lowest BCUT2D eigenvalue weighted by atomic mass is 9.98. The van der Waals surface area contributed by atoms with Gasteiger partial charge in [-0.25, -0.2) is 4.57 Å². The van der Waals surface area contributed by atoms with Gasteiger partial charge in [0.1, 0.15) is 0 Å². The Kier molecular flexibility index (Phi) is 6.08. The Morgan fingerprint density at radius 1 is 1.10 bits per heavy atom. The van der Waals surface area contributed by atoms with Crippen LogP contribution in [0.5, 0.6) is 0 Å². The van der Waals surface area contributed by atoms with Gasteiger partial charge in [-0.2, -0.15) is 0 Å². The second-order valence-electron chi connectivity index (χ2n) is 7.42. The maximum atomic E-state index is 13.4. The zero-order valence-electron chi connectivity index (χ0n) is 17.8. The summed E-state index contributed by atoms with van der Waals surface area (Å²) < 4.78 is 3.44. The van der Waals surface area contributed by atoms with Crippen LogP contribution in [0.2, 0.25) is 0 Å². The summed E-state index contributed by atoms with van der Waals surface area (Å²) >= 11 is 1.30. The molecular formula is C23H25N5O2S. The fraction of sp³-hybridized carbons (Fsp3) is 0.304. The van der Waals surface area contributed by atoms with Crippen LogP contribution in [0.15, 0.2) is 58.5 Å². The normalized spacial score (nSPS) is 12.4. The van der Waals surface area contributed by atoms with Crippen molar-refractivity contribution in [3.05, 3.63) is 64.4 Å². The van der Waals surface area contributed by atoms with Gasteiger partial charge in [0.15, 0.2) is 5.16 Å². The molecule has 160 valence electrons. The van der Waals surface area contributed by atoms with Crippen LogP contribution in [-0.4, -0.2) is 37.4 Å². The van der Waals surface area contributed by atoms with E-state index >= 15 is 0 Å². The predicted molar refractivity (Wildman–Crippen MR) is 124 cm³/mol. The topological polar surface area (TPSA) is 81.3 Å². The first-order valence-corrected chi connectivity index (χ1v) is 11.4. The van der Waals surface area contributed by atoms with Gasteiger partial charge in [-0.05, 0) is 49.1 Å². The van der Waals surface area contributed by atoms with Crippen molar-refractivity contribution in [3.63, 3.8) is 0 Å². The van der Waals surface area contributed by atoms with Crippen molar-refractivity contribution in [2.24, 2.45) is 0 Å². The highest BCUT2D eigenvalue weighted by Gasteiger charge is 2.18. The summed E-state index contributed by atoms with van der Waals surface area (Å²) in [6.07, 6.45) is 1.05. The molecule has 2 aromatic heterocycles. The number of carbonyl (C=O) groups excluding carboxylic acids is 1. The Hall–Kier alpha value is -3.13. The molecule has 1 unspecified atom stereocenters. The molecule has 0 saturated carbocycles. The Balaban J connectivity index is 1.88. The number of hydrogen-bond acceptors (Lipinski definition) is 5. The number of para-hydroxylation sites is 1. The maximum Gasteiger partial charge on any atom is 0.267 e.